The van der Waals surface area contributed by atoms with E-state index in [4.69, 9.17) is 0 Å². The smallest absolute Gasteiger partial charge is 0.0964 e. The van der Waals surface area contributed by atoms with Crippen LogP contribution < -0.4 is 4.90 Å². The molecule has 0 spiro atoms. The van der Waals surface area contributed by atoms with Crippen LogP contribution in [0.1, 0.15) is 22.5 Å². The van der Waals surface area contributed by atoms with Gasteiger partial charge in [-0.25, -0.2) is 0 Å². The first-order valence-electron chi connectivity index (χ1n) is 8.31. The highest BCUT2D eigenvalue weighted by atomic mass is 15.5. The zero-order valence-electron chi connectivity index (χ0n) is 14.3. The van der Waals surface area contributed by atoms with E-state index >= 15 is 0 Å². The van der Waals surface area contributed by atoms with E-state index in [1.165, 1.54) is 11.3 Å². The third-order valence-electron chi connectivity index (χ3n) is 4.56. The van der Waals surface area contributed by atoms with Gasteiger partial charge in [-0.05, 0) is 19.4 Å². The first-order valence-corrected chi connectivity index (χ1v) is 8.31. The summed E-state index contributed by atoms with van der Waals surface area (Å²) >= 11 is 0. The van der Waals surface area contributed by atoms with Crippen LogP contribution in [0.4, 0.5) is 0 Å². The monoisotopic (exact) mass is 312 g/mol. The molecule has 0 unspecified atom stereocenters. The number of aromatic nitrogens is 2. The molecule has 0 amide bonds. The summed E-state index contributed by atoms with van der Waals surface area (Å²) in [4.78, 5) is 1.58. The normalized spacial score (nSPS) is 16.4. The number of benzene rings is 1. The Morgan fingerprint density at radius 3 is 2.57 bits per heavy atom. The SMILES string of the molecule is Cc1nn(Cc2ccccc2)c(C)c1/C=N\N1CC[NH+](C)CC1. The largest absolute Gasteiger partial charge is 0.334 e. The number of piperazine rings is 1. The predicted octanol–water partition coefficient (Wildman–Crippen LogP) is 0.712. The van der Waals surface area contributed by atoms with Gasteiger partial charge in [-0.1, -0.05) is 30.3 Å². The van der Waals surface area contributed by atoms with Crippen molar-refractivity contribution in [1.29, 1.82) is 0 Å². The van der Waals surface area contributed by atoms with Gasteiger partial charge in [-0.15, -0.1) is 0 Å². The number of hydrazone groups is 1. The van der Waals surface area contributed by atoms with Crippen LogP contribution in [-0.4, -0.2) is 54.2 Å². The van der Waals surface area contributed by atoms with E-state index in [9.17, 15) is 0 Å². The average Bonchev–Trinajstić information content (AvgIpc) is 2.82. The third kappa shape index (κ3) is 3.79. The lowest BCUT2D eigenvalue weighted by Gasteiger charge is -2.27. The highest BCUT2D eigenvalue weighted by molar-refractivity contribution is 5.82. The zero-order valence-corrected chi connectivity index (χ0v) is 14.3. The summed E-state index contributed by atoms with van der Waals surface area (Å²) in [6.45, 7) is 9.35. The molecule has 0 aliphatic carbocycles. The third-order valence-corrected chi connectivity index (χ3v) is 4.56. The molecule has 1 aliphatic heterocycles. The van der Waals surface area contributed by atoms with Crippen LogP contribution in [0.15, 0.2) is 35.4 Å². The molecule has 3 rings (SSSR count). The highest BCUT2D eigenvalue weighted by Gasteiger charge is 2.15. The number of quaternary nitrogens is 1. The van der Waals surface area contributed by atoms with E-state index in [-0.39, 0.29) is 0 Å². The van der Waals surface area contributed by atoms with Gasteiger partial charge in [0.2, 0.25) is 0 Å². The van der Waals surface area contributed by atoms with Crippen molar-refractivity contribution in [3.63, 3.8) is 0 Å². The molecule has 1 saturated heterocycles. The second-order valence-corrected chi connectivity index (χ2v) is 6.38. The number of nitrogens with one attached hydrogen (secondary N) is 1. The van der Waals surface area contributed by atoms with Crippen LogP contribution in [0.2, 0.25) is 0 Å². The molecule has 23 heavy (non-hydrogen) atoms. The van der Waals surface area contributed by atoms with Crippen molar-refractivity contribution >= 4 is 6.21 Å². The fourth-order valence-corrected chi connectivity index (χ4v) is 2.94. The second-order valence-electron chi connectivity index (χ2n) is 6.38. The summed E-state index contributed by atoms with van der Waals surface area (Å²) in [5.74, 6) is 0. The fourth-order valence-electron chi connectivity index (χ4n) is 2.94. The first-order chi connectivity index (χ1) is 11.1. The molecule has 0 bridgehead atoms. The van der Waals surface area contributed by atoms with Crippen molar-refractivity contribution in [2.75, 3.05) is 33.2 Å². The number of hydrogen-bond acceptors (Lipinski definition) is 3. The van der Waals surface area contributed by atoms with Gasteiger partial charge < -0.3 is 4.90 Å². The van der Waals surface area contributed by atoms with Crippen LogP contribution in [0.5, 0.6) is 0 Å². The van der Waals surface area contributed by atoms with Crippen molar-refractivity contribution in [2.24, 2.45) is 5.10 Å². The molecule has 0 atom stereocenters. The van der Waals surface area contributed by atoms with Gasteiger partial charge in [0.1, 0.15) is 0 Å². The Kier molecular flexibility index (Phi) is 4.76. The van der Waals surface area contributed by atoms with Gasteiger partial charge in [0.15, 0.2) is 0 Å². The fraction of sp³-hybridized carbons (Fsp3) is 0.444. The molecule has 2 aromatic rings. The number of nitrogens with zero attached hydrogens (tertiary/aromatic N) is 4. The van der Waals surface area contributed by atoms with E-state index in [1.54, 1.807) is 4.90 Å². The molecule has 1 fully saturated rings. The summed E-state index contributed by atoms with van der Waals surface area (Å²) in [5, 5.41) is 11.5. The number of likely N-dealkylation sites (N-methyl/N-ethyl adjacent to an activating group) is 1. The minimum atomic E-state index is 0.805. The molecule has 1 aromatic heterocycles. The first kappa shape index (κ1) is 15.7. The summed E-state index contributed by atoms with van der Waals surface area (Å²) < 4.78 is 2.07. The molecule has 1 aliphatic rings. The van der Waals surface area contributed by atoms with Crippen molar-refractivity contribution < 1.29 is 4.90 Å². The van der Waals surface area contributed by atoms with Gasteiger partial charge >= 0.3 is 0 Å². The Bertz CT molecular complexity index is 666. The Morgan fingerprint density at radius 2 is 1.87 bits per heavy atom. The van der Waals surface area contributed by atoms with Crippen LogP contribution in [0.3, 0.4) is 0 Å². The molecular weight excluding hydrogens is 286 g/mol. The van der Waals surface area contributed by atoms with Gasteiger partial charge in [-0.2, -0.15) is 10.2 Å². The van der Waals surface area contributed by atoms with E-state index in [0.29, 0.717) is 0 Å². The Morgan fingerprint density at radius 1 is 1.17 bits per heavy atom. The van der Waals surface area contributed by atoms with Crippen LogP contribution >= 0.6 is 0 Å². The van der Waals surface area contributed by atoms with Crippen molar-refractivity contribution in [3.05, 3.63) is 52.8 Å². The summed E-state index contributed by atoms with van der Waals surface area (Å²) in [7, 11) is 2.24. The molecule has 1 aromatic carbocycles. The van der Waals surface area contributed by atoms with Crippen LogP contribution in [-0.2, 0) is 6.54 Å². The van der Waals surface area contributed by atoms with Crippen molar-refractivity contribution in [2.45, 2.75) is 20.4 Å². The quantitative estimate of drug-likeness (QED) is 0.845. The Balaban J connectivity index is 1.73. The van der Waals surface area contributed by atoms with E-state index < -0.39 is 0 Å². The number of rotatable bonds is 4. The standard InChI is InChI=1S/C18H25N5/c1-15-18(13-19-22-11-9-21(3)10-12-22)16(2)23(20-15)14-17-7-5-4-6-8-17/h4-8,13H,9-12,14H2,1-3H3/p+1/b19-13-. The molecule has 0 saturated carbocycles. The van der Waals surface area contributed by atoms with Gasteiger partial charge in [0.05, 0.1) is 51.7 Å². The maximum atomic E-state index is 4.68. The molecule has 2 heterocycles. The van der Waals surface area contributed by atoms with Crippen LogP contribution in [0, 0.1) is 13.8 Å². The Hall–Kier alpha value is -2.14. The van der Waals surface area contributed by atoms with E-state index in [1.807, 2.05) is 12.3 Å². The highest BCUT2D eigenvalue weighted by Crippen LogP contribution is 2.13. The molecule has 1 N–H and O–H groups in total. The van der Waals surface area contributed by atoms with Gasteiger partial charge in [-0.3, -0.25) is 9.69 Å². The summed E-state index contributed by atoms with van der Waals surface area (Å²) in [5.41, 5.74) is 4.63. The van der Waals surface area contributed by atoms with Gasteiger partial charge in [0.25, 0.3) is 0 Å². The molecular formula is C18H26N5+. The van der Waals surface area contributed by atoms with Crippen molar-refractivity contribution in [1.82, 2.24) is 14.8 Å². The lowest BCUT2D eigenvalue weighted by atomic mass is 10.2. The minimum Gasteiger partial charge on any atom is -0.334 e. The van der Waals surface area contributed by atoms with E-state index in [0.717, 1.165) is 44.0 Å². The molecule has 0 radical (unpaired) electrons. The lowest BCUT2D eigenvalue weighted by Crippen LogP contribution is -3.11. The zero-order chi connectivity index (χ0) is 16.2. The number of aryl methyl sites for hydroxylation is 1. The Labute approximate surface area is 138 Å². The summed E-state index contributed by atoms with van der Waals surface area (Å²) in [6.07, 6.45) is 1.99. The summed E-state index contributed by atoms with van der Waals surface area (Å²) in [6, 6.07) is 10.5. The van der Waals surface area contributed by atoms with Gasteiger partial charge in [0, 0.05) is 11.3 Å². The maximum absolute atomic E-state index is 4.68. The second kappa shape index (κ2) is 6.96. The average molecular weight is 312 g/mol. The number of hydrogen-bond donors (Lipinski definition) is 1. The maximum Gasteiger partial charge on any atom is 0.0964 e. The topological polar surface area (TPSA) is 37.9 Å². The minimum absolute atomic E-state index is 0.805. The lowest BCUT2D eigenvalue weighted by molar-refractivity contribution is -0.884. The predicted molar refractivity (Wildman–Crippen MR) is 93.0 cm³/mol. The van der Waals surface area contributed by atoms with E-state index in [2.05, 4.69) is 65.1 Å². The molecule has 5 heteroatoms. The molecule has 122 valence electrons. The van der Waals surface area contributed by atoms with Crippen molar-refractivity contribution in [3.8, 4) is 0 Å². The molecule has 5 nitrogen and oxygen atoms in total. The van der Waals surface area contributed by atoms with Crippen LogP contribution in [0.25, 0.3) is 0 Å².